The molecule has 2 aromatic carbocycles. The molecule has 0 aliphatic rings. The maximum atomic E-state index is 13.3. The van der Waals surface area contributed by atoms with Crippen molar-refractivity contribution in [3.05, 3.63) is 102 Å². The molecule has 1 N–H and O–H groups in total. The van der Waals surface area contributed by atoms with Crippen LogP contribution in [0.3, 0.4) is 0 Å². The molecule has 0 aliphatic heterocycles. The lowest BCUT2D eigenvalue weighted by molar-refractivity contribution is -0.141. The molecule has 5 nitrogen and oxygen atoms in total. The number of carbonyl (C=O) groups excluding carboxylic acids is 1. The number of nitrogens with zero attached hydrogens (tertiary/aromatic N) is 3. The second kappa shape index (κ2) is 8.43. The predicted molar refractivity (Wildman–Crippen MR) is 109 cm³/mol. The van der Waals surface area contributed by atoms with E-state index in [0.29, 0.717) is 16.8 Å². The number of amides is 1. The van der Waals surface area contributed by atoms with Gasteiger partial charge in [-0.2, -0.15) is 18.3 Å². The van der Waals surface area contributed by atoms with Crippen molar-refractivity contribution >= 4 is 5.91 Å². The Labute approximate surface area is 176 Å². The molecular weight excluding hydrogens is 405 g/mol. The highest BCUT2D eigenvalue weighted by Gasteiger charge is 2.35. The maximum absolute atomic E-state index is 13.3. The van der Waals surface area contributed by atoms with E-state index in [-0.39, 0.29) is 18.1 Å². The molecule has 0 unspecified atom stereocenters. The minimum atomic E-state index is -4.57. The molecule has 4 rings (SSSR count). The Bertz CT molecular complexity index is 1170. The summed E-state index contributed by atoms with van der Waals surface area (Å²) >= 11 is 0. The molecule has 0 aliphatic carbocycles. The van der Waals surface area contributed by atoms with Crippen molar-refractivity contribution in [2.45, 2.75) is 12.7 Å². The highest BCUT2D eigenvalue weighted by Crippen LogP contribution is 2.33. The van der Waals surface area contributed by atoms with Crippen molar-refractivity contribution in [1.82, 2.24) is 20.1 Å². The summed E-state index contributed by atoms with van der Waals surface area (Å²) in [4.78, 5) is 16.2. The first-order valence-corrected chi connectivity index (χ1v) is 9.42. The van der Waals surface area contributed by atoms with Gasteiger partial charge in [0.1, 0.15) is 0 Å². The van der Waals surface area contributed by atoms with Crippen LogP contribution in [0.5, 0.6) is 0 Å². The number of benzene rings is 2. The molecule has 0 atom stereocenters. The standard InChI is InChI=1S/C23H17F3N4O/c24-23(25,26)21-13-20(18-7-4-12-27-15-18)30(29-21)19-10-8-16(9-11-19)14-28-22(31)17-5-2-1-3-6-17/h1-13,15H,14H2,(H,28,31). The number of nitrogens with one attached hydrogen (secondary N) is 1. The first-order chi connectivity index (χ1) is 14.9. The predicted octanol–water partition coefficient (Wildman–Crippen LogP) is 4.88. The molecule has 2 aromatic heterocycles. The lowest BCUT2D eigenvalue weighted by Gasteiger charge is -2.09. The van der Waals surface area contributed by atoms with E-state index < -0.39 is 11.9 Å². The molecule has 0 saturated heterocycles. The number of aromatic nitrogens is 3. The largest absolute Gasteiger partial charge is 0.435 e. The zero-order valence-electron chi connectivity index (χ0n) is 16.2. The maximum Gasteiger partial charge on any atom is 0.435 e. The van der Waals surface area contributed by atoms with E-state index in [1.54, 1.807) is 66.9 Å². The van der Waals surface area contributed by atoms with Gasteiger partial charge in [-0.25, -0.2) is 4.68 Å². The van der Waals surface area contributed by atoms with Gasteiger partial charge in [0.25, 0.3) is 5.91 Å². The average Bonchev–Trinajstić information content (AvgIpc) is 3.25. The van der Waals surface area contributed by atoms with Crippen LogP contribution in [0.1, 0.15) is 21.6 Å². The fourth-order valence-corrected chi connectivity index (χ4v) is 3.07. The van der Waals surface area contributed by atoms with Crippen LogP contribution in [0.15, 0.2) is 85.2 Å². The molecular formula is C23H17F3N4O. The third-order valence-corrected chi connectivity index (χ3v) is 4.63. The van der Waals surface area contributed by atoms with E-state index in [1.807, 2.05) is 6.07 Å². The van der Waals surface area contributed by atoms with Crippen LogP contribution in [0, 0.1) is 0 Å². The SMILES string of the molecule is O=C(NCc1ccc(-n2nc(C(F)(F)F)cc2-c2cccnc2)cc1)c1ccccc1. The Kier molecular flexibility index (Phi) is 5.53. The van der Waals surface area contributed by atoms with Crippen molar-refractivity contribution in [2.75, 3.05) is 0 Å². The van der Waals surface area contributed by atoms with Gasteiger partial charge in [-0.05, 0) is 48.0 Å². The second-order valence-electron chi connectivity index (χ2n) is 6.78. The number of halogens is 3. The number of hydrogen-bond donors (Lipinski definition) is 1. The lowest BCUT2D eigenvalue weighted by atomic mass is 10.1. The van der Waals surface area contributed by atoms with Gasteiger partial charge in [0, 0.05) is 30.1 Å². The highest BCUT2D eigenvalue weighted by atomic mass is 19.4. The summed E-state index contributed by atoms with van der Waals surface area (Å²) in [5.74, 6) is -0.203. The minimum absolute atomic E-state index is 0.203. The van der Waals surface area contributed by atoms with E-state index in [9.17, 15) is 18.0 Å². The van der Waals surface area contributed by atoms with Gasteiger partial charge in [-0.1, -0.05) is 30.3 Å². The lowest BCUT2D eigenvalue weighted by Crippen LogP contribution is -2.22. The van der Waals surface area contributed by atoms with E-state index in [1.165, 1.54) is 10.9 Å². The molecule has 4 aromatic rings. The molecule has 0 spiro atoms. The van der Waals surface area contributed by atoms with Gasteiger partial charge in [0.15, 0.2) is 5.69 Å². The van der Waals surface area contributed by atoms with Crippen molar-refractivity contribution in [1.29, 1.82) is 0 Å². The fraction of sp³-hybridized carbons (Fsp3) is 0.0870. The second-order valence-corrected chi connectivity index (χ2v) is 6.78. The number of carbonyl (C=O) groups is 1. The summed E-state index contributed by atoms with van der Waals surface area (Å²) in [5.41, 5.74) is 1.64. The Balaban J connectivity index is 1.57. The topological polar surface area (TPSA) is 59.8 Å². The van der Waals surface area contributed by atoms with Crippen LogP contribution in [0.4, 0.5) is 13.2 Å². The molecule has 2 heterocycles. The summed E-state index contributed by atoms with van der Waals surface area (Å²) in [6.45, 7) is 0.288. The van der Waals surface area contributed by atoms with Crippen LogP contribution in [-0.4, -0.2) is 20.7 Å². The fourth-order valence-electron chi connectivity index (χ4n) is 3.07. The number of hydrogen-bond acceptors (Lipinski definition) is 3. The quantitative estimate of drug-likeness (QED) is 0.499. The molecule has 0 bridgehead atoms. The van der Waals surface area contributed by atoms with E-state index in [2.05, 4.69) is 15.4 Å². The van der Waals surface area contributed by atoms with Crippen LogP contribution >= 0.6 is 0 Å². The summed E-state index contributed by atoms with van der Waals surface area (Å²) in [6.07, 6.45) is -1.53. The monoisotopic (exact) mass is 422 g/mol. The summed E-state index contributed by atoms with van der Waals surface area (Å²) in [7, 11) is 0. The van der Waals surface area contributed by atoms with Crippen LogP contribution in [-0.2, 0) is 12.7 Å². The van der Waals surface area contributed by atoms with Crippen molar-refractivity contribution in [2.24, 2.45) is 0 Å². The normalized spacial score (nSPS) is 11.3. The first-order valence-electron chi connectivity index (χ1n) is 9.42. The third kappa shape index (κ3) is 4.63. The Morgan fingerprint density at radius 2 is 1.71 bits per heavy atom. The van der Waals surface area contributed by atoms with Crippen LogP contribution in [0.25, 0.3) is 16.9 Å². The van der Waals surface area contributed by atoms with Crippen molar-refractivity contribution in [3.63, 3.8) is 0 Å². The average molecular weight is 422 g/mol. The van der Waals surface area contributed by atoms with Gasteiger partial charge in [0.05, 0.1) is 11.4 Å². The van der Waals surface area contributed by atoms with Crippen molar-refractivity contribution in [3.8, 4) is 16.9 Å². The van der Waals surface area contributed by atoms with E-state index >= 15 is 0 Å². The summed E-state index contributed by atoms with van der Waals surface area (Å²) in [5, 5.41) is 6.58. The Morgan fingerprint density at radius 3 is 2.35 bits per heavy atom. The van der Waals surface area contributed by atoms with Gasteiger partial charge in [-0.15, -0.1) is 0 Å². The smallest absolute Gasteiger partial charge is 0.348 e. The molecule has 156 valence electrons. The molecule has 31 heavy (non-hydrogen) atoms. The van der Waals surface area contributed by atoms with Crippen molar-refractivity contribution < 1.29 is 18.0 Å². The summed E-state index contributed by atoms with van der Waals surface area (Å²) < 4.78 is 41.0. The number of alkyl halides is 3. The van der Waals surface area contributed by atoms with E-state index in [0.717, 1.165) is 11.6 Å². The molecule has 0 saturated carbocycles. The zero-order chi connectivity index (χ0) is 21.8. The molecule has 8 heteroatoms. The van der Waals surface area contributed by atoms with Gasteiger partial charge < -0.3 is 5.32 Å². The molecule has 1 amide bonds. The number of pyridine rings is 1. The van der Waals surface area contributed by atoms with Gasteiger partial charge in [0.2, 0.25) is 0 Å². The highest BCUT2D eigenvalue weighted by molar-refractivity contribution is 5.94. The van der Waals surface area contributed by atoms with Gasteiger partial charge in [-0.3, -0.25) is 9.78 Å². The molecule has 0 radical (unpaired) electrons. The summed E-state index contributed by atoms with van der Waals surface area (Å²) in [6, 6.07) is 20.0. The third-order valence-electron chi connectivity index (χ3n) is 4.63. The minimum Gasteiger partial charge on any atom is -0.348 e. The Morgan fingerprint density at radius 1 is 0.968 bits per heavy atom. The molecule has 0 fully saturated rings. The first kappa shape index (κ1) is 20.3. The number of rotatable bonds is 5. The van der Waals surface area contributed by atoms with Crippen LogP contribution in [0.2, 0.25) is 0 Å². The van der Waals surface area contributed by atoms with E-state index in [4.69, 9.17) is 0 Å². The zero-order valence-corrected chi connectivity index (χ0v) is 16.2. The van der Waals surface area contributed by atoms with Crippen LogP contribution < -0.4 is 5.32 Å². The Hall–Kier alpha value is -3.94. The van der Waals surface area contributed by atoms with Gasteiger partial charge >= 0.3 is 6.18 Å².